The molecule has 1 atom stereocenters. The number of carbonyl (C=O) groups is 1. The van der Waals surface area contributed by atoms with Crippen molar-refractivity contribution in [3.05, 3.63) is 52.2 Å². The summed E-state index contributed by atoms with van der Waals surface area (Å²) >= 11 is 3.34. The van der Waals surface area contributed by atoms with E-state index >= 15 is 0 Å². The maximum atomic E-state index is 12.3. The predicted octanol–water partition coefficient (Wildman–Crippen LogP) is 4.53. The molecule has 2 heterocycles. The minimum Gasteiger partial charge on any atom is -0.351 e. The average Bonchev–Trinajstić information content (AvgIpc) is 3.02. The van der Waals surface area contributed by atoms with Crippen LogP contribution in [0.1, 0.15) is 35.2 Å². The molecule has 0 spiro atoms. The lowest BCUT2D eigenvalue weighted by molar-refractivity contribution is -0.118. The second-order valence-electron chi connectivity index (χ2n) is 7.16. The molecule has 1 aromatic carbocycles. The number of rotatable bonds is 5. The molecule has 1 aliphatic carbocycles. The van der Waals surface area contributed by atoms with E-state index in [0.29, 0.717) is 12.3 Å². The van der Waals surface area contributed by atoms with E-state index in [1.165, 1.54) is 34.0 Å². The first-order valence-electron chi connectivity index (χ1n) is 9.32. The smallest absolute Gasteiger partial charge is 0.230 e. The number of fused-ring (bicyclic) bond motifs is 3. The number of amides is 1. The number of thioether (sulfide) groups is 1. The molecule has 140 valence electrons. The monoisotopic (exact) mass is 397 g/mol. The van der Waals surface area contributed by atoms with Crippen molar-refractivity contribution in [1.29, 1.82) is 0 Å². The van der Waals surface area contributed by atoms with Gasteiger partial charge in [0.2, 0.25) is 5.91 Å². The first kappa shape index (κ1) is 18.4. The van der Waals surface area contributed by atoms with Gasteiger partial charge in [0.25, 0.3) is 0 Å². The van der Waals surface area contributed by atoms with Crippen molar-refractivity contribution < 1.29 is 4.79 Å². The first-order chi connectivity index (χ1) is 13.1. The van der Waals surface area contributed by atoms with Crippen molar-refractivity contribution in [1.82, 2.24) is 15.3 Å². The molecule has 1 unspecified atom stereocenters. The number of hydrogen-bond donors (Lipinski definition) is 1. The van der Waals surface area contributed by atoms with E-state index in [1.54, 1.807) is 0 Å². The van der Waals surface area contributed by atoms with E-state index in [-0.39, 0.29) is 5.91 Å². The van der Waals surface area contributed by atoms with E-state index in [4.69, 9.17) is 0 Å². The summed E-state index contributed by atoms with van der Waals surface area (Å²) in [6.07, 6.45) is 3.45. The first-order valence-corrected chi connectivity index (χ1v) is 11.1. The Hall–Kier alpha value is -1.92. The number of nitrogens with one attached hydrogen (secondary N) is 1. The zero-order valence-corrected chi connectivity index (χ0v) is 17.3. The molecule has 0 saturated carbocycles. The molecule has 0 saturated heterocycles. The van der Waals surface area contributed by atoms with Gasteiger partial charge >= 0.3 is 0 Å². The number of benzene rings is 1. The molecule has 4 nitrogen and oxygen atoms in total. The van der Waals surface area contributed by atoms with Gasteiger partial charge in [-0.15, -0.1) is 11.3 Å². The lowest BCUT2D eigenvalue weighted by Crippen LogP contribution is -2.24. The normalized spacial score (nSPS) is 16.3. The summed E-state index contributed by atoms with van der Waals surface area (Å²) in [5, 5.41) is 5.14. The van der Waals surface area contributed by atoms with Crippen molar-refractivity contribution in [2.24, 2.45) is 5.92 Å². The zero-order chi connectivity index (χ0) is 18.8. The molecule has 1 N–H and O–H groups in total. The van der Waals surface area contributed by atoms with Gasteiger partial charge in [0.1, 0.15) is 15.7 Å². The maximum absolute atomic E-state index is 12.3. The molecule has 1 amide bonds. The molecule has 0 fully saturated rings. The number of hydrogen-bond acceptors (Lipinski definition) is 5. The van der Waals surface area contributed by atoms with Crippen LogP contribution >= 0.6 is 23.1 Å². The summed E-state index contributed by atoms with van der Waals surface area (Å²) in [6, 6.07) is 9.98. The van der Waals surface area contributed by atoms with Crippen molar-refractivity contribution in [2.75, 3.05) is 5.75 Å². The molecule has 2 aromatic heterocycles. The van der Waals surface area contributed by atoms with Crippen molar-refractivity contribution in [2.45, 2.75) is 44.7 Å². The van der Waals surface area contributed by atoms with Crippen molar-refractivity contribution in [3.63, 3.8) is 0 Å². The van der Waals surface area contributed by atoms with Gasteiger partial charge in [-0.05, 0) is 43.2 Å². The van der Waals surface area contributed by atoms with Crippen LogP contribution in [0.25, 0.3) is 10.2 Å². The van der Waals surface area contributed by atoms with Crippen LogP contribution in [0.5, 0.6) is 0 Å². The standard InChI is InChI=1S/C21H23N3OS2/c1-13-8-9-16-17(10-13)27-21-19(16)20(23-14(2)24-21)26-12-18(25)22-11-15-6-4-3-5-7-15/h3-7,13H,8-12H2,1-2H3,(H,22,25). The van der Waals surface area contributed by atoms with Crippen LogP contribution < -0.4 is 5.32 Å². The van der Waals surface area contributed by atoms with Gasteiger partial charge in [-0.25, -0.2) is 9.97 Å². The molecular weight excluding hydrogens is 374 g/mol. The average molecular weight is 398 g/mol. The van der Waals surface area contributed by atoms with Gasteiger partial charge in [0.05, 0.1) is 5.75 Å². The predicted molar refractivity (Wildman–Crippen MR) is 112 cm³/mol. The van der Waals surface area contributed by atoms with Gasteiger partial charge in [0, 0.05) is 16.8 Å². The van der Waals surface area contributed by atoms with Gasteiger partial charge in [-0.3, -0.25) is 4.79 Å². The van der Waals surface area contributed by atoms with E-state index in [2.05, 4.69) is 22.2 Å². The van der Waals surface area contributed by atoms with Crippen LogP contribution in [0.3, 0.4) is 0 Å². The fourth-order valence-corrected chi connectivity index (χ4v) is 5.92. The number of aromatic nitrogens is 2. The van der Waals surface area contributed by atoms with Gasteiger partial charge in [0.15, 0.2) is 0 Å². The molecule has 6 heteroatoms. The van der Waals surface area contributed by atoms with E-state index < -0.39 is 0 Å². The van der Waals surface area contributed by atoms with Crippen LogP contribution in [0.15, 0.2) is 35.4 Å². The summed E-state index contributed by atoms with van der Waals surface area (Å²) in [7, 11) is 0. The zero-order valence-electron chi connectivity index (χ0n) is 15.6. The van der Waals surface area contributed by atoms with E-state index in [9.17, 15) is 4.79 Å². The third kappa shape index (κ3) is 4.17. The molecule has 1 aliphatic rings. The molecule has 0 radical (unpaired) electrons. The number of aryl methyl sites for hydroxylation is 2. The van der Waals surface area contributed by atoms with Gasteiger partial charge < -0.3 is 5.32 Å². The lowest BCUT2D eigenvalue weighted by Gasteiger charge is -2.18. The van der Waals surface area contributed by atoms with Gasteiger partial charge in [-0.1, -0.05) is 49.0 Å². The number of thiophene rings is 1. The van der Waals surface area contributed by atoms with E-state index in [1.807, 2.05) is 48.6 Å². The van der Waals surface area contributed by atoms with Gasteiger partial charge in [-0.2, -0.15) is 0 Å². The maximum Gasteiger partial charge on any atom is 0.230 e. The summed E-state index contributed by atoms with van der Waals surface area (Å²) in [6.45, 7) is 4.81. The lowest BCUT2D eigenvalue weighted by atomic mass is 9.89. The SMILES string of the molecule is Cc1nc(SCC(=O)NCc2ccccc2)c2c3c(sc2n1)CC(C)CC3. The third-order valence-corrected chi connectivity index (χ3v) is 7.03. The highest BCUT2D eigenvalue weighted by molar-refractivity contribution is 8.00. The number of carbonyl (C=O) groups excluding carboxylic acids is 1. The molecule has 3 aromatic rings. The van der Waals surface area contributed by atoms with Crippen LogP contribution in [-0.4, -0.2) is 21.6 Å². The molecule has 4 rings (SSSR count). The Morgan fingerprint density at radius 2 is 2.11 bits per heavy atom. The Balaban J connectivity index is 1.49. The van der Waals surface area contributed by atoms with Crippen molar-refractivity contribution >= 4 is 39.2 Å². The summed E-state index contributed by atoms with van der Waals surface area (Å²) in [5.41, 5.74) is 2.53. The Bertz CT molecular complexity index is 968. The molecular formula is C21H23N3OS2. The summed E-state index contributed by atoms with van der Waals surface area (Å²) < 4.78 is 0. The highest BCUT2D eigenvalue weighted by Gasteiger charge is 2.24. The molecule has 0 bridgehead atoms. The molecule has 27 heavy (non-hydrogen) atoms. The Morgan fingerprint density at radius 1 is 1.30 bits per heavy atom. The second-order valence-corrected chi connectivity index (χ2v) is 9.21. The minimum absolute atomic E-state index is 0.0333. The van der Waals surface area contributed by atoms with Crippen LogP contribution in [-0.2, 0) is 24.2 Å². The summed E-state index contributed by atoms with van der Waals surface area (Å²) in [4.78, 5) is 24.2. The second kappa shape index (κ2) is 7.98. The molecule has 0 aliphatic heterocycles. The fourth-order valence-electron chi connectivity index (χ4n) is 3.50. The Kier molecular flexibility index (Phi) is 5.45. The van der Waals surface area contributed by atoms with Crippen LogP contribution in [0.4, 0.5) is 0 Å². The highest BCUT2D eigenvalue weighted by Crippen LogP contribution is 2.40. The fraction of sp³-hybridized carbons (Fsp3) is 0.381. The third-order valence-electron chi connectivity index (χ3n) is 4.91. The van der Waals surface area contributed by atoms with E-state index in [0.717, 1.165) is 40.0 Å². The minimum atomic E-state index is 0.0333. The van der Waals surface area contributed by atoms with Crippen LogP contribution in [0.2, 0.25) is 0 Å². The van der Waals surface area contributed by atoms with Crippen molar-refractivity contribution in [3.8, 4) is 0 Å². The summed E-state index contributed by atoms with van der Waals surface area (Å²) in [5.74, 6) is 1.92. The quantitative estimate of drug-likeness (QED) is 0.507. The number of nitrogens with zero attached hydrogens (tertiary/aromatic N) is 2. The topological polar surface area (TPSA) is 54.9 Å². The Morgan fingerprint density at radius 3 is 2.93 bits per heavy atom. The Labute approximate surface area is 167 Å². The largest absolute Gasteiger partial charge is 0.351 e. The highest BCUT2D eigenvalue weighted by atomic mass is 32.2. The van der Waals surface area contributed by atoms with Crippen LogP contribution in [0, 0.1) is 12.8 Å².